The van der Waals surface area contributed by atoms with Crippen molar-refractivity contribution in [3.63, 3.8) is 0 Å². The van der Waals surface area contributed by atoms with Gasteiger partial charge in [-0.3, -0.25) is 9.36 Å². The molecule has 2 aromatic heterocycles. The second kappa shape index (κ2) is 5.61. The zero-order chi connectivity index (χ0) is 15.0. The molecule has 0 aliphatic rings. The molecule has 1 aromatic carbocycles. The summed E-state index contributed by atoms with van der Waals surface area (Å²) in [5.41, 5.74) is 9.98. The number of nitrogens with zero attached hydrogens (tertiary/aromatic N) is 4. The molecular formula is C15H18BrN5. The summed E-state index contributed by atoms with van der Waals surface area (Å²) in [4.78, 5) is 0. The van der Waals surface area contributed by atoms with Gasteiger partial charge in [-0.25, -0.2) is 0 Å². The fourth-order valence-corrected chi connectivity index (χ4v) is 3.04. The van der Waals surface area contributed by atoms with Crippen LogP contribution in [-0.4, -0.2) is 19.6 Å². The van der Waals surface area contributed by atoms with Crippen molar-refractivity contribution < 1.29 is 0 Å². The molecule has 110 valence electrons. The number of rotatable bonds is 4. The molecule has 0 spiro atoms. The van der Waals surface area contributed by atoms with E-state index >= 15 is 0 Å². The molecule has 0 amide bonds. The molecule has 0 radical (unpaired) electrons. The van der Waals surface area contributed by atoms with E-state index in [9.17, 15) is 0 Å². The van der Waals surface area contributed by atoms with Crippen LogP contribution in [0.15, 0.2) is 28.7 Å². The van der Waals surface area contributed by atoms with Gasteiger partial charge in [0.05, 0.1) is 33.6 Å². The van der Waals surface area contributed by atoms with Crippen LogP contribution in [0.4, 0.5) is 0 Å². The number of nitrogens with two attached hydrogens (primary N) is 1. The lowest BCUT2D eigenvalue weighted by molar-refractivity contribution is 0.578. The van der Waals surface area contributed by atoms with Crippen molar-refractivity contribution in [2.24, 2.45) is 5.73 Å². The van der Waals surface area contributed by atoms with Crippen LogP contribution in [0.2, 0.25) is 0 Å². The molecule has 5 nitrogen and oxygen atoms in total. The van der Waals surface area contributed by atoms with Gasteiger partial charge < -0.3 is 5.73 Å². The van der Waals surface area contributed by atoms with Crippen molar-refractivity contribution in [2.75, 3.05) is 0 Å². The van der Waals surface area contributed by atoms with Crippen molar-refractivity contribution in [2.45, 2.75) is 33.5 Å². The summed E-state index contributed by atoms with van der Waals surface area (Å²) >= 11 is 3.64. The Labute approximate surface area is 131 Å². The molecule has 6 heteroatoms. The lowest BCUT2D eigenvalue weighted by Gasteiger charge is -2.07. The van der Waals surface area contributed by atoms with E-state index in [1.807, 2.05) is 28.4 Å². The third-order valence-electron chi connectivity index (χ3n) is 3.68. The molecule has 3 aromatic rings. The number of para-hydroxylation sites is 1. The smallest absolute Gasteiger partial charge is 0.0847 e. The Morgan fingerprint density at radius 1 is 1.19 bits per heavy atom. The predicted octanol–water partition coefficient (Wildman–Crippen LogP) is 2.83. The van der Waals surface area contributed by atoms with E-state index in [4.69, 9.17) is 5.73 Å². The minimum atomic E-state index is 0.445. The van der Waals surface area contributed by atoms with Gasteiger partial charge in [-0.1, -0.05) is 18.2 Å². The minimum Gasteiger partial charge on any atom is -0.325 e. The lowest BCUT2D eigenvalue weighted by atomic mass is 10.2. The first-order chi connectivity index (χ1) is 10.2. The standard InChI is InChI=1S/C15H18BrN5/c1-3-20-14(15(16)10(2)18-20)9-21-13-7-5-4-6-11(13)12(8-17)19-21/h4-7H,3,8-9,17H2,1-2H3. The van der Waals surface area contributed by atoms with Crippen LogP contribution in [0.3, 0.4) is 0 Å². The van der Waals surface area contributed by atoms with Crippen LogP contribution in [-0.2, 0) is 19.6 Å². The first-order valence-electron chi connectivity index (χ1n) is 7.02. The predicted molar refractivity (Wildman–Crippen MR) is 87.1 cm³/mol. The highest BCUT2D eigenvalue weighted by Gasteiger charge is 2.15. The zero-order valence-corrected chi connectivity index (χ0v) is 13.8. The maximum absolute atomic E-state index is 5.81. The lowest BCUT2D eigenvalue weighted by Crippen LogP contribution is -2.10. The van der Waals surface area contributed by atoms with E-state index in [2.05, 4.69) is 45.2 Å². The van der Waals surface area contributed by atoms with E-state index in [1.54, 1.807) is 0 Å². The van der Waals surface area contributed by atoms with Gasteiger partial charge in [0, 0.05) is 18.5 Å². The van der Waals surface area contributed by atoms with E-state index < -0.39 is 0 Å². The Morgan fingerprint density at radius 2 is 1.95 bits per heavy atom. The van der Waals surface area contributed by atoms with E-state index in [1.165, 1.54) is 0 Å². The number of aryl methyl sites for hydroxylation is 2. The van der Waals surface area contributed by atoms with Gasteiger partial charge in [0.15, 0.2) is 0 Å². The highest BCUT2D eigenvalue weighted by Crippen LogP contribution is 2.24. The summed E-state index contributed by atoms with van der Waals surface area (Å²) in [6.07, 6.45) is 0. The van der Waals surface area contributed by atoms with Gasteiger partial charge in [-0.15, -0.1) is 0 Å². The maximum Gasteiger partial charge on any atom is 0.0847 e. The fourth-order valence-electron chi connectivity index (χ4n) is 2.63. The van der Waals surface area contributed by atoms with Gasteiger partial charge in [0.2, 0.25) is 0 Å². The Morgan fingerprint density at radius 3 is 2.67 bits per heavy atom. The van der Waals surface area contributed by atoms with Crippen molar-refractivity contribution >= 4 is 26.8 Å². The van der Waals surface area contributed by atoms with Crippen molar-refractivity contribution in [3.8, 4) is 0 Å². The highest BCUT2D eigenvalue weighted by molar-refractivity contribution is 9.10. The number of benzene rings is 1. The van der Waals surface area contributed by atoms with E-state index in [0.29, 0.717) is 13.1 Å². The number of hydrogen-bond donors (Lipinski definition) is 1. The summed E-state index contributed by atoms with van der Waals surface area (Å²) in [7, 11) is 0. The van der Waals surface area contributed by atoms with Gasteiger partial charge in [-0.2, -0.15) is 10.2 Å². The van der Waals surface area contributed by atoms with Crippen molar-refractivity contribution in [3.05, 3.63) is 45.8 Å². The van der Waals surface area contributed by atoms with Crippen LogP contribution in [0.5, 0.6) is 0 Å². The highest BCUT2D eigenvalue weighted by atomic mass is 79.9. The van der Waals surface area contributed by atoms with Gasteiger partial charge >= 0.3 is 0 Å². The fraction of sp³-hybridized carbons (Fsp3) is 0.333. The SMILES string of the molecule is CCn1nc(C)c(Br)c1Cn1nc(CN)c2ccccc21. The third-order valence-corrected chi connectivity index (χ3v) is 4.71. The van der Waals surface area contributed by atoms with Crippen LogP contribution >= 0.6 is 15.9 Å². The molecule has 3 rings (SSSR count). The monoisotopic (exact) mass is 347 g/mol. The average Bonchev–Trinajstić information content (AvgIpc) is 3.00. The molecule has 0 saturated heterocycles. The second-order valence-corrected chi connectivity index (χ2v) is 5.78. The van der Waals surface area contributed by atoms with Crippen molar-refractivity contribution in [1.29, 1.82) is 0 Å². The van der Waals surface area contributed by atoms with E-state index in [0.717, 1.165) is 39.0 Å². The summed E-state index contributed by atoms with van der Waals surface area (Å²) < 4.78 is 5.07. The number of hydrogen-bond acceptors (Lipinski definition) is 3. The summed E-state index contributed by atoms with van der Waals surface area (Å²) in [6, 6.07) is 8.19. The maximum atomic E-state index is 5.81. The average molecular weight is 348 g/mol. The Hall–Kier alpha value is -1.66. The number of aromatic nitrogens is 4. The minimum absolute atomic E-state index is 0.445. The molecule has 0 aliphatic carbocycles. The van der Waals surface area contributed by atoms with Gasteiger partial charge in [0.1, 0.15) is 0 Å². The Balaban J connectivity index is 2.10. The van der Waals surface area contributed by atoms with Gasteiger partial charge in [-0.05, 0) is 35.8 Å². The number of fused-ring (bicyclic) bond motifs is 1. The molecule has 0 bridgehead atoms. The molecule has 0 saturated carbocycles. The molecular weight excluding hydrogens is 330 g/mol. The van der Waals surface area contributed by atoms with Crippen LogP contribution in [0, 0.1) is 6.92 Å². The topological polar surface area (TPSA) is 61.7 Å². The Bertz CT molecular complexity index is 787. The summed E-state index contributed by atoms with van der Waals surface area (Å²) in [5, 5.41) is 10.3. The third kappa shape index (κ3) is 2.38. The molecule has 0 fully saturated rings. The molecule has 0 unspecified atom stereocenters. The second-order valence-electron chi connectivity index (χ2n) is 4.99. The quantitative estimate of drug-likeness (QED) is 0.789. The first kappa shape index (κ1) is 14.3. The largest absolute Gasteiger partial charge is 0.325 e. The van der Waals surface area contributed by atoms with Crippen LogP contribution in [0.1, 0.15) is 24.0 Å². The Kier molecular flexibility index (Phi) is 3.82. The van der Waals surface area contributed by atoms with Gasteiger partial charge in [0.25, 0.3) is 0 Å². The summed E-state index contributed by atoms with van der Waals surface area (Å²) in [6.45, 7) is 6.06. The van der Waals surface area contributed by atoms with Crippen LogP contribution in [0.25, 0.3) is 10.9 Å². The van der Waals surface area contributed by atoms with Crippen molar-refractivity contribution in [1.82, 2.24) is 19.6 Å². The molecule has 2 N–H and O–H groups in total. The van der Waals surface area contributed by atoms with Crippen LogP contribution < -0.4 is 5.73 Å². The molecule has 0 atom stereocenters. The molecule has 21 heavy (non-hydrogen) atoms. The molecule has 0 aliphatic heterocycles. The van der Waals surface area contributed by atoms with E-state index in [-0.39, 0.29) is 0 Å². The normalized spacial score (nSPS) is 11.4. The molecule has 2 heterocycles. The first-order valence-corrected chi connectivity index (χ1v) is 7.81. The summed E-state index contributed by atoms with van der Waals surface area (Å²) in [5.74, 6) is 0. The number of halogens is 1. The zero-order valence-electron chi connectivity index (χ0n) is 12.2.